The average molecular weight is 383 g/mol. The topological polar surface area (TPSA) is 47.0 Å². The van der Waals surface area contributed by atoms with Gasteiger partial charge in [0.15, 0.2) is 5.82 Å². The number of ether oxygens (including phenoxy) is 1. The zero-order chi connectivity index (χ0) is 14.5. The minimum absolute atomic E-state index is 0.733. The van der Waals surface area contributed by atoms with E-state index in [9.17, 15) is 0 Å². The van der Waals surface area contributed by atoms with Crippen molar-refractivity contribution in [3.05, 3.63) is 33.5 Å². The quantitative estimate of drug-likeness (QED) is 0.799. The van der Waals surface area contributed by atoms with Gasteiger partial charge in [0.1, 0.15) is 11.6 Å². The molecule has 0 fully saturated rings. The summed E-state index contributed by atoms with van der Waals surface area (Å²) in [6, 6.07) is 7.83. The second kappa shape index (κ2) is 6.88. The number of aryl methyl sites for hydroxylation is 1. The Balaban J connectivity index is 2.52. The third-order valence-electron chi connectivity index (χ3n) is 2.97. The molecule has 0 aliphatic rings. The molecule has 5 heteroatoms. The molecule has 0 spiro atoms. The van der Waals surface area contributed by atoms with Gasteiger partial charge < -0.3 is 10.1 Å². The van der Waals surface area contributed by atoms with Crippen molar-refractivity contribution in [2.75, 3.05) is 19.5 Å². The molecule has 0 radical (unpaired) electrons. The third-order valence-corrected chi connectivity index (χ3v) is 4.10. The zero-order valence-electron chi connectivity index (χ0n) is 11.9. The van der Waals surface area contributed by atoms with Crippen molar-refractivity contribution in [1.82, 2.24) is 9.97 Å². The lowest BCUT2D eigenvalue weighted by Crippen LogP contribution is -2.05. The number of nitrogens with one attached hydrogen (secondary N) is 1. The van der Waals surface area contributed by atoms with Gasteiger partial charge in [-0.05, 0) is 41.1 Å². The highest BCUT2D eigenvalue weighted by atomic mass is 127. The van der Waals surface area contributed by atoms with Gasteiger partial charge in [-0.15, -0.1) is 0 Å². The Kier molecular flexibility index (Phi) is 5.17. The number of benzene rings is 1. The number of rotatable bonds is 5. The summed E-state index contributed by atoms with van der Waals surface area (Å²) in [4.78, 5) is 9.30. The molecular weight excluding hydrogens is 365 g/mol. The highest BCUT2D eigenvalue weighted by Gasteiger charge is 2.12. The Hall–Kier alpha value is -1.37. The van der Waals surface area contributed by atoms with E-state index in [-0.39, 0.29) is 0 Å². The number of methoxy groups -OCH3 is 1. The molecule has 0 atom stereocenters. The van der Waals surface area contributed by atoms with Crippen LogP contribution in [0.15, 0.2) is 24.3 Å². The van der Waals surface area contributed by atoms with E-state index in [2.05, 4.69) is 39.8 Å². The van der Waals surface area contributed by atoms with Crippen LogP contribution in [0.4, 0.5) is 5.82 Å². The van der Waals surface area contributed by atoms with Crippen LogP contribution in [0.2, 0.25) is 0 Å². The Morgan fingerprint density at radius 3 is 2.75 bits per heavy atom. The molecule has 20 heavy (non-hydrogen) atoms. The largest absolute Gasteiger partial charge is 0.497 e. The standard InChI is InChI=1S/C15H18IN3O/c1-4-6-12-13(16)15(17-2)19-14(18-12)10-7-5-8-11(9-10)20-3/h5,7-9H,4,6H2,1-3H3,(H,17,18,19). The zero-order valence-corrected chi connectivity index (χ0v) is 14.1. The molecule has 0 unspecified atom stereocenters. The fraction of sp³-hybridized carbons (Fsp3) is 0.333. The van der Waals surface area contributed by atoms with Crippen LogP contribution >= 0.6 is 22.6 Å². The van der Waals surface area contributed by atoms with Gasteiger partial charge in [-0.1, -0.05) is 25.5 Å². The van der Waals surface area contributed by atoms with Crippen LogP contribution in [0, 0.1) is 3.57 Å². The summed E-state index contributed by atoms with van der Waals surface area (Å²) >= 11 is 2.30. The maximum Gasteiger partial charge on any atom is 0.161 e. The molecule has 0 amide bonds. The normalized spacial score (nSPS) is 10.4. The second-order valence-electron chi connectivity index (χ2n) is 4.39. The molecule has 1 aromatic carbocycles. The minimum Gasteiger partial charge on any atom is -0.497 e. The number of hydrogen-bond donors (Lipinski definition) is 1. The molecule has 0 saturated heterocycles. The molecule has 1 N–H and O–H groups in total. The Morgan fingerprint density at radius 1 is 1.30 bits per heavy atom. The van der Waals surface area contributed by atoms with Gasteiger partial charge in [0.25, 0.3) is 0 Å². The van der Waals surface area contributed by atoms with Gasteiger partial charge in [-0.2, -0.15) is 0 Å². The van der Waals surface area contributed by atoms with Gasteiger partial charge in [-0.3, -0.25) is 0 Å². The number of nitrogens with zero attached hydrogens (tertiary/aromatic N) is 2. The molecule has 4 nitrogen and oxygen atoms in total. The molecule has 0 aliphatic carbocycles. The van der Waals surface area contributed by atoms with Crippen LogP contribution in [0.3, 0.4) is 0 Å². The molecule has 0 aliphatic heterocycles. The van der Waals surface area contributed by atoms with E-state index in [0.29, 0.717) is 0 Å². The lowest BCUT2D eigenvalue weighted by atomic mass is 10.2. The Morgan fingerprint density at radius 2 is 2.10 bits per heavy atom. The van der Waals surface area contributed by atoms with Crippen molar-refractivity contribution in [3.8, 4) is 17.1 Å². The van der Waals surface area contributed by atoms with Crippen LogP contribution in [-0.4, -0.2) is 24.1 Å². The lowest BCUT2D eigenvalue weighted by molar-refractivity contribution is 0.415. The summed E-state index contributed by atoms with van der Waals surface area (Å²) in [5.41, 5.74) is 2.06. The van der Waals surface area contributed by atoms with E-state index in [0.717, 1.165) is 45.1 Å². The first-order valence-electron chi connectivity index (χ1n) is 6.58. The molecule has 2 aromatic rings. The SMILES string of the molecule is CCCc1nc(-c2cccc(OC)c2)nc(NC)c1I. The molecular formula is C15H18IN3O. The van der Waals surface area contributed by atoms with E-state index in [1.54, 1.807) is 7.11 Å². The van der Waals surface area contributed by atoms with Gasteiger partial charge in [-0.25, -0.2) is 9.97 Å². The fourth-order valence-electron chi connectivity index (χ4n) is 1.95. The second-order valence-corrected chi connectivity index (χ2v) is 5.47. The first-order chi connectivity index (χ1) is 9.69. The summed E-state index contributed by atoms with van der Waals surface area (Å²) in [6.45, 7) is 2.16. The minimum atomic E-state index is 0.733. The molecule has 106 valence electrons. The average Bonchev–Trinajstić information content (AvgIpc) is 2.49. The summed E-state index contributed by atoms with van der Waals surface area (Å²) in [5.74, 6) is 2.42. The number of aromatic nitrogens is 2. The smallest absolute Gasteiger partial charge is 0.161 e. The molecule has 0 saturated carbocycles. The van der Waals surface area contributed by atoms with Crippen LogP contribution in [0.25, 0.3) is 11.4 Å². The summed E-state index contributed by atoms with van der Waals surface area (Å²) in [5, 5.41) is 3.14. The van der Waals surface area contributed by atoms with Gasteiger partial charge in [0.2, 0.25) is 0 Å². The van der Waals surface area contributed by atoms with E-state index < -0.39 is 0 Å². The van der Waals surface area contributed by atoms with Crippen molar-refractivity contribution >= 4 is 28.4 Å². The summed E-state index contributed by atoms with van der Waals surface area (Å²) < 4.78 is 6.36. The van der Waals surface area contributed by atoms with Crippen molar-refractivity contribution in [2.24, 2.45) is 0 Å². The summed E-state index contributed by atoms with van der Waals surface area (Å²) in [7, 11) is 3.55. The predicted octanol–water partition coefficient (Wildman–Crippen LogP) is 3.75. The van der Waals surface area contributed by atoms with Crippen LogP contribution in [0.1, 0.15) is 19.0 Å². The maximum absolute atomic E-state index is 5.26. The van der Waals surface area contributed by atoms with Crippen LogP contribution < -0.4 is 10.1 Å². The monoisotopic (exact) mass is 383 g/mol. The first-order valence-corrected chi connectivity index (χ1v) is 7.66. The highest BCUT2D eigenvalue weighted by Crippen LogP contribution is 2.26. The first kappa shape index (κ1) is 15.0. The van der Waals surface area contributed by atoms with Gasteiger partial charge in [0, 0.05) is 12.6 Å². The Labute approximate surface area is 133 Å². The fourth-order valence-corrected chi connectivity index (χ4v) is 2.73. The van der Waals surface area contributed by atoms with E-state index in [1.165, 1.54) is 0 Å². The van der Waals surface area contributed by atoms with E-state index in [1.807, 2.05) is 31.3 Å². The molecule has 0 bridgehead atoms. The van der Waals surface area contributed by atoms with Gasteiger partial charge >= 0.3 is 0 Å². The summed E-state index contributed by atoms with van der Waals surface area (Å²) in [6.07, 6.45) is 2.01. The molecule has 2 rings (SSSR count). The van der Waals surface area contributed by atoms with Gasteiger partial charge in [0.05, 0.1) is 16.4 Å². The highest BCUT2D eigenvalue weighted by molar-refractivity contribution is 14.1. The third kappa shape index (κ3) is 3.20. The molecule has 1 aromatic heterocycles. The van der Waals surface area contributed by atoms with E-state index >= 15 is 0 Å². The van der Waals surface area contributed by atoms with Crippen molar-refractivity contribution in [2.45, 2.75) is 19.8 Å². The predicted molar refractivity (Wildman–Crippen MR) is 90.3 cm³/mol. The van der Waals surface area contributed by atoms with Crippen LogP contribution in [-0.2, 0) is 6.42 Å². The Bertz CT molecular complexity index is 602. The van der Waals surface area contributed by atoms with Crippen molar-refractivity contribution in [1.29, 1.82) is 0 Å². The maximum atomic E-state index is 5.26. The number of halogens is 1. The van der Waals surface area contributed by atoms with Crippen molar-refractivity contribution in [3.63, 3.8) is 0 Å². The number of anilines is 1. The molecule has 1 heterocycles. The lowest BCUT2D eigenvalue weighted by Gasteiger charge is -2.11. The van der Waals surface area contributed by atoms with Crippen LogP contribution in [0.5, 0.6) is 5.75 Å². The van der Waals surface area contributed by atoms with E-state index in [4.69, 9.17) is 9.72 Å². The number of hydrogen-bond acceptors (Lipinski definition) is 4. The van der Waals surface area contributed by atoms with Crippen molar-refractivity contribution < 1.29 is 4.74 Å².